The summed E-state index contributed by atoms with van der Waals surface area (Å²) in [4.78, 5) is 12.3. The number of anilines is 1. The second-order valence-corrected chi connectivity index (χ2v) is 5.13. The molecule has 1 atom stereocenters. The van der Waals surface area contributed by atoms with Gasteiger partial charge in [0.25, 0.3) is 5.91 Å². The van der Waals surface area contributed by atoms with Crippen LogP contribution in [-0.4, -0.2) is 5.91 Å². The molecule has 2 aromatic rings. The Labute approximate surface area is 122 Å². The van der Waals surface area contributed by atoms with Crippen molar-refractivity contribution in [3.8, 4) is 0 Å². The largest absolute Gasteiger partial charge is 0.468 e. The minimum Gasteiger partial charge on any atom is -0.468 e. The van der Waals surface area contributed by atoms with Gasteiger partial charge < -0.3 is 10.1 Å². The minimum absolute atomic E-state index is 0.142. The molecule has 1 amide bonds. The Bertz CT molecular complexity index is 777. The number of amides is 1. The second-order valence-electron chi connectivity index (χ2n) is 5.13. The molecule has 1 spiro atoms. The predicted molar refractivity (Wildman–Crippen MR) is 81.4 cm³/mol. The number of hydrogen-bond donors (Lipinski definition) is 1. The highest BCUT2D eigenvalue weighted by Crippen LogP contribution is 2.44. The summed E-state index contributed by atoms with van der Waals surface area (Å²) in [5.74, 6) is 0.546. The number of nitrogens with one attached hydrogen (secondary N) is 1. The number of para-hydroxylation sites is 1. The highest BCUT2D eigenvalue weighted by atomic mass is 16.5. The van der Waals surface area contributed by atoms with E-state index in [0.717, 1.165) is 16.8 Å². The lowest BCUT2D eigenvalue weighted by Crippen LogP contribution is -2.32. The maximum absolute atomic E-state index is 12.3. The van der Waals surface area contributed by atoms with Crippen LogP contribution >= 0.6 is 0 Å². The van der Waals surface area contributed by atoms with Crippen LogP contribution in [0.1, 0.15) is 11.1 Å². The van der Waals surface area contributed by atoms with E-state index in [1.165, 1.54) is 0 Å². The van der Waals surface area contributed by atoms with Gasteiger partial charge in [-0.2, -0.15) is 0 Å². The van der Waals surface area contributed by atoms with Crippen molar-refractivity contribution in [1.82, 2.24) is 0 Å². The van der Waals surface area contributed by atoms with E-state index in [9.17, 15) is 4.79 Å². The Morgan fingerprint density at radius 3 is 2.62 bits per heavy atom. The summed E-state index contributed by atoms with van der Waals surface area (Å²) >= 11 is 0. The van der Waals surface area contributed by atoms with Crippen LogP contribution in [0.15, 0.2) is 72.5 Å². The molecule has 4 rings (SSSR count). The zero-order valence-electron chi connectivity index (χ0n) is 11.2. The van der Waals surface area contributed by atoms with Gasteiger partial charge in [-0.25, -0.2) is 0 Å². The first-order valence-corrected chi connectivity index (χ1v) is 6.84. The first kappa shape index (κ1) is 12.0. The fraction of sp³-hybridized carbons (Fsp3) is 0.0556. The highest BCUT2D eigenvalue weighted by molar-refractivity contribution is 6.07. The number of hydrogen-bond acceptors (Lipinski definition) is 2. The molecule has 0 saturated heterocycles. The van der Waals surface area contributed by atoms with Gasteiger partial charge in [-0.1, -0.05) is 48.5 Å². The lowest BCUT2D eigenvalue weighted by Gasteiger charge is -2.20. The zero-order valence-corrected chi connectivity index (χ0v) is 11.2. The van der Waals surface area contributed by atoms with Crippen LogP contribution in [0.25, 0.3) is 6.08 Å². The SMILES string of the molecule is O=C1Nc2ccccc2C12C=CC(=Cc1ccccc1)O2. The number of allylic oxidation sites excluding steroid dienone is 1. The summed E-state index contributed by atoms with van der Waals surface area (Å²) in [5.41, 5.74) is 1.70. The minimum atomic E-state index is -1.02. The van der Waals surface area contributed by atoms with Gasteiger partial charge in [0.15, 0.2) is 0 Å². The Balaban J connectivity index is 1.73. The number of carbonyl (C=O) groups is 1. The molecule has 1 unspecified atom stereocenters. The first-order chi connectivity index (χ1) is 10.3. The Hall–Kier alpha value is -2.81. The van der Waals surface area contributed by atoms with Gasteiger partial charge in [0.2, 0.25) is 5.60 Å². The Morgan fingerprint density at radius 2 is 1.76 bits per heavy atom. The second kappa shape index (κ2) is 4.35. The van der Waals surface area contributed by atoms with Gasteiger partial charge in [-0.05, 0) is 29.9 Å². The lowest BCUT2D eigenvalue weighted by atomic mass is 9.96. The van der Waals surface area contributed by atoms with E-state index in [2.05, 4.69) is 5.32 Å². The van der Waals surface area contributed by atoms with Crippen molar-refractivity contribution in [1.29, 1.82) is 0 Å². The monoisotopic (exact) mass is 275 g/mol. The van der Waals surface area contributed by atoms with Crippen LogP contribution in [0.5, 0.6) is 0 Å². The standard InChI is InChI=1S/C18H13NO2/c20-17-18(15-8-4-5-9-16(15)19-17)11-10-14(21-18)12-13-6-2-1-3-7-13/h1-12H,(H,19,20). The van der Waals surface area contributed by atoms with Crippen molar-refractivity contribution in [3.05, 3.63) is 83.6 Å². The molecule has 3 heteroatoms. The average molecular weight is 275 g/mol. The number of rotatable bonds is 1. The Morgan fingerprint density at radius 1 is 1.00 bits per heavy atom. The van der Waals surface area contributed by atoms with Crippen LogP contribution < -0.4 is 5.32 Å². The summed E-state index contributed by atoms with van der Waals surface area (Å²) in [6.07, 6.45) is 5.61. The van der Waals surface area contributed by atoms with Crippen LogP contribution in [-0.2, 0) is 15.1 Å². The van der Waals surface area contributed by atoms with Gasteiger partial charge in [0.1, 0.15) is 5.76 Å². The van der Waals surface area contributed by atoms with Crippen molar-refractivity contribution in [3.63, 3.8) is 0 Å². The molecule has 0 bridgehead atoms. The van der Waals surface area contributed by atoms with Gasteiger partial charge in [-0.15, -0.1) is 0 Å². The third kappa shape index (κ3) is 1.78. The smallest absolute Gasteiger partial charge is 0.277 e. The zero-order chi connectivity index (χ0) is 14.3. The highest BCUT2D eigenvalue weighted by Gasteiger charge is 2.49. The van der Waals surface area contributed by atoms with Crippen molar-refractivity contribution in [2.24, 2.45) is 0 Å². The van der Waals surface area contributed by atoms with Crippen LogP contribution in [0.4, 0.5) is 5.69 Å². The quantitative estimate of drug-likeness (QED) is 0.865. The molecule has 2 aliphatic heterocycles. The van der Waals surface area contributed by atoms with Crippen molar-refractivity contribution < 1.29 is 9.53 Å². The maximum Gasteiger partial charge on any atom is 0.277 e. The van der Waals surface area contributed by atoms with Crippen molar-refractivity contribution in [2.45, 2.75) is 5.60 Å². The van der Waals surface area contributed by atoms with E-state index in [4.69, 9.17) is 4.74 Å². The molecule has 2 aromatic carbocycles. The van der Waals surface area contributed by atoms with E-state index >= 15 is 0 Å². The molecule has 0 aliphatic carbocycles. The van der Waals surface area contributed by atoms with Crippen molar-refractivity contribution >= 4 is 17.7 Å². The number of carbonyl (C=O) groups excluding carboxylic acids is 1. The van der Waals surface area contributed by atoms with E-state index in [-0.39, 0.29) is 5.91 Å². The molecule has 0 fully saturated rings. The fourth-order valence-corrected chi connectivity index (χ4v) is 2.76. The molecule has 0 radical (unpaired) electrons. The van der Waals surface area contributed by atoms with Crippen LogP contribution in [0, 0.1) is 0 Å². The van der Waals surface area contributed by atoms with Crippen LogP contribution in [0.3, 0.4) is 0 Å². The van der Waals surface area contributed by atoms with Gasteiger partial charge in [-0.3, -0.25) is 4.79 Å². The number of ether oxygens (including phenoxy) is 1. The number of benzene rings is 2. The number of fused-ring (bicyclic) bond motifs is 2. The molecule has 102 valence electrons. The first-order valence-electron chi connectivity index (χ1n) is 6.84. The maximum atomic E-state index is 12.3. The van der Waals surface area contributed by atoms with E-state index in [1.807, 2.05) is 72.8 Å². The summed E-state index contributed by atoms with van der Waals surface area (Å²) in [6, 6.07) is 17.5. The predicted octanol–water partition coefficient (Wildman–Crippen LogP) is 3.46. The normalized spacial score (nSPS) is 24.2. The van der Waals surface area contributed by atoms with E-state index < -0.39 is 5.60 Å². The third-order valence-electron chi connectivity index (χ3n) is 3.78. The van der Waals surface area contributed by atoms with Crippen LogP contribution in [0.2, 0.25) is 0 Å². The molecular weight excluding hydrogens is 262 g/mol. The molecule has 2 aliphatic rings. The van der Waals surface area contributed by atoms with Gasteiger partial charge in [0, 0.05) is 11.3 Å². The summed E-state index contributed by atoms with van der Waals surface area (Å²) in [5, 5.41) is 2.87. The third-order valence-corrected chi connectivity index (χ3v) is 3.78. The summed E-state index contributed by atoms with van der Waals surface area (Å²) < 4.78 is 5.99. The molecule has 0 aromatic heterocycles. The van der Waals surface area contributed by atoms with E-state index in [1.54, 1.807) is 0 Å². The average Bonchev–Trinajstić information content (AvgIpc) is 3.05. The molecule has 1 N–H and O–H groups in total. The van der Waals surface area contributed by atoms with Gasteiger partial charge in [0.05, 0.1) is 0 Å². The molecule has 2 heterocycles. The molecule has 3 nitrogen and oxygen atoms in total. The molecule has 21 heavy (non-hydrogen) atoms. The lowest BCUT2D eigenvalue weighted by molar-refractivity contribution is -0.129. The van der Waals surface area contributed by atoms with Crippen molar-refractivity contribution in [2.75, 3.05) is 5.32 Å². The van der Waals surface area contributed by atoms with E-state index in [0.29, 0.717) is 5.76 Å². The Kier molecular flexibility index (Phi) is 2.48. The topological polar surface area (TPSA) is 38.3 Å². The molecule has 0 saturated carbocycles. The van der Waals surface area contributed by atoms with Gasteiger partial charge >= 0.3 is 0 Å². The summed E-state index contributed by atoms with van der Waals surface area (Å²) in [7, 11) is 0. The fourth-order valence-electron chi connectivity index (χ4n) is 2.76. The summed E-state index contributed by atoms with van der Waals surface area (Å²) in [6.45, 7) is 0. The molecular formula is C18H13NO2.